The first-order valence-corrected chi connectivity index (χ1v) is 8.66. The Morgan fingerprint density at radius 3 is 2.81 bits per heavy atom. The molecule has 8 nitrogen and oxygen atoms in total. The second-order valence-electron chi connectivity index (χ2n) is 5.59. The highest BCUT2D eigenvalue weighted by Gasteiger charge is 2.15. The molecular weight excluding hydrogens is 380 g/mol. The van der Waals surface area contributed by atoms with Crippen LogP contribution < -0.4 is 5.56 Å². The molecule has 0 spiro atoms. The van der Waals surface area contributed by atoms with Crippen molar-refractivity contribution in [3.05, 3.63) is 66.3 Å². The monoisotopic (exact) mass is 392 g/mol. The molecule has 0 fully saturated rings. The van der Waals surface area contributed by atoms with Crippen molar-refractivity contribution in [1.82, 2.24) is 14.5 Å². The predicted molar refractivity (Wildman–Crippen MR) is 98.5 cm³/mol. The molecule has 0 bridgehead atoms. The van der Waals surface area contributed by atoms with E-state index in [2.05, 4.69) is 4.98 Å². The number of nitro benzene ring substituents is 1. The zero-order chi connectivity index (χ0) is 18.8. The average molecular weight is 393 g/mol. The van der Waals surface area contributed by atoms with E-state index in [4.69, 9.17) is 11.6 Å². The second kappa shape index (κ2) is 7.22. The zero-order valence-corrected chi connectivity index (χ0v) is 15.2. The highest BCUT2D eigenvalue weighted by Crippen LogP contribution is 2.22. The van der Waals surface area contributed by atoms with Gasteiger partial charge >= 0.3 is 0 Å². The lowest BCUT2D eigenvalue weighted by molar-refractivity contribution is -0.384. The van der Waals surface area contributed by atoms with E-state index in [1.807, 2.05) is 6.07 Å². The van der Waals surface area contributed by atoms with Gasteiger partial charge in [0.25, 0.3) is 11.2 Å². The molecular formula is C16H13ClN4O4S. The maximum absolute atomic E-state index is 12.5. The van der Waals surface area contributed by atoms with Crippen LogP contribution in [0.3, 0.4) is 0 Å². The van der Waals surface area contributed by atoms with Crippen molar-refractivity contribution in [2.24, 2.45) is 0 Å². The highest BCUT2D eigenvalue weighted by atomic mass is 35.5. The smallest absolute Gasteiger partial charge is 0.270 e. The number of non-ortho nitro benzene ring substituents is 1. The Labute approximate surface area is 156 Å². The summed E-state index contributed by atoms with van der Waals surface area (Å²) in [5, 5.41) is 11.0. The molecule has 0 radical (unpaired) electrons. The predicted octanol–water partition coefficient (Wildman–Crippen LogP) is 2.68. The minimum absolute atomic E-state index is 0.0993. The van der Waals surface area contributed by atoms with E-state index >= 15 is 0 Å². The van der Waals surface area contributed by atoms with Gasteiger partial charge in [0.1, 0.15) is 6.54 Å². The Bertz CT molecular complexity index is 1060. The number of hydrogen-bond donors (Lipinski definition) is 0. The van der Waals surface area contributed by atoms with Crippen molar-refractivity contribution < 1.29 is 9.72 Å². The maximum atomic E-state index is 12.5. The number of benzene rings is 1. The van der Waals surface area contributed by atoms with Gasteiger partial charge in [-0.1, -0.05) is 11.6 Å². The Morgan fingerprint density at radius 2 is 2.15 bits per heavy atom. The van der Waals surface area contributed by atoms with Gasteiger partial charge in [0.15, 0.2) is 0 Å². The maximum Gasteiger partial charge on any atom is 0.270 e. The number of thiophene rings is 1. The van der Waals surface area contributed by atoms with Crippen LogP contribution >= 0.6 is 22.9 Å². The van der Waals surface area contributed by atoms with Gasteiger partial charge in [0.05, 0.1) is 33.0 Å². The number of aromatic nitrogens is 2. The summed E-state index contributed by atoms with van der Waals surface area (Å²) in [6, 6.07) is 7.45. The summed E-state index contributed by atoms with van der Waals surface area (Å²) in [5.41, 5.74) is -0.363. The van der Waals surface area contributed by atoms with Crippen LogP contribution in [0.25, 0.3) is 10.9 Å². The quantitative estimate of drug-likeness (QED) is 0.491. The van der Waals surface area contributed by atoms with Gasteiger partial charge in [-0.25, -0.2) is 4.98 Å². The lowest BCUT2D eigenvalue weighted by atomic mass is 10.2. The van der Waals surface area contributed by atoms with Crippen LogP contribution in [-0.4, -0.2) is 32.3 Å². The van der Waals surface area contributed by atoms with Crippen molar-refractivity contribution >= 4 is 45.4 Å². The van der Waals surface area contributed by atoms with E-state index in [1.54, 1.807) is 13.1 Å². The Kier molecular flexibility index (Phi) is 5.01. The molecule has 0 saturated heterocycles. The summed E-state index contributed by atoms with van der Waals surface area (Å²) in [6.45, 7) is 0.164. The third kappa shape index (κ3) is 3.73. The first kappa shape index (κ1) is 18.0. The van der Waals surface area contributed by atoms with Crippen molar-refractivity contribution in [2.75, 3.05) is 7.05 Å². The summed E-state index contributed by atoms with van der Waals surface area (Å²) in [5.74, 6) is -0.289. The molecule has 0 N–H and O–H groups in total. The molecule has 1 aromatic carbocycles. The Morgan fingerprint density at radius 1 is 1.38 bits per heavy atom. The van der Waals surface area contributed by atoms with Crippen LogP contribution in [0.4, 0.5) is 5.69 Å². The summed E-state index contributed by atoms with van der Waals surface area (Å²) >= 11 is 7.25. The molecule has 0 aliphatic rings. The molecule has 2 heterocycles. The largest absolute Gasteiger partial charge is 0.339 e. The SMILES string of the molecule is CN(Cc1ccc(Cl)s1)C(=O)Cn1cnc2ccc([N+](=O)[O-])cc2c1=O. The molecule has 0 aliphatic heterocycles. The molecule has 0 aliphatic carbocycles. The number of amides is 1. The molecule has 0 unspecified atom stereocenters. The fourth-order valence-electron chi connectivity index (χ4n) is 2.40. The van der Waals surface area contributed by atoms with E-state index in [-0.39, 0.29) is 23.5 Å². The summed E-state index contributed by atoms with van der Waals surface area (Å²) in [7, 11) is 1.63. The molecule has 134 valence electrons. The third-order valence-electron chi connectivity index (χ3n) is 3.77. The zero-order valence-electron chi connectivity index (χ0n) is 13.6. The number of fused-ring (bicyclic) bond motifs is 1. The normalized spacial score (nSPS) is 10.8. The number of carbonyl (C=O) groups excluding carboxylic acids is 1. The molecule has 2 aromatic heterocycles. The highest BCUT2D eigenvalue weighted by molar-refractivity contribution is 7.16. The first-order chi connectivity index (χ1) is 12.3. The van der Waals surface area contributed by atoms with Crippen molar-refractivity contribution in [3.63, 3.8) is 0 Å². The molecule has 3 aromatic rings. The first-order valence-electron chi connectivity index (χ1n) is 7.47. The molecule has 0 saturated carbocycles. The molecule has 0 atom stereocenters. The van der Waals surface area contributed by atoms with E-state index in [1.165, 1.54) is 40.8 Å². The second-order valence-corrected chi connectivity index (χ2v) is 7.39. The van der Waals surface area contributed by atoms with E-state index in [9.17, 15) is 19.7 Å². The van der Waals surface area contributed by atoms with E-state index < -0.39 is 10.5 Å². The fourth-order valence-corrected chi connectivity index (χ4v) is 3.54. The Hall–Kier alpha value is -2.78. The summed E-state index contributed by atoms with van der Waals surface area (Å²) in [4.78, 5) is 41.7. The van der Waals surface area contributed by atoms with Gasteiger partial charge < -0.3 is 4.90 Å². The van der Waals surface area contributed by atoms with Gasteiger partial charge in [0.2, 0.25) is 5.91 Å². The van der Waals surface area contributed by atoms with Crippen LogP contribution in [0.5, 0.6) is 0 Å². The minimum Gasteiger partial charge on any atom is -0.339 e. The number of nitrogens with zero attached hydrogens (tertiary/aromatic N) is 4. The molecule has 1 amide bonds. The number of hydrogen-bond acceptors (Lipinski definition) is 6. The van der Waals surface area contributed by atoms with Crippen LogP contribution in [0.1, 0.15) is 4.88 Å². The van der Waals surface area contributed by atoms with Gasteiger partial charge in [-0.05, 0) is 18.2 Å². The summed E-state index contributed by atoms with van der Waals surface area (Å²) < 4.78 is 1.78. The molecule has 10 heteroatoms. The molecule has 26 heavy (non-hydrogen) atoms. The van der Waals surface area contributed by atoms with Crippen molar-refractivity contribution in [1.29, 1.82) is 0 Å². The summed E-state index contributed by atoms with van der Waals surface area (Å²) in [6.07, 6.45) is 1.27. The lowest BCUT2D eigenvalue weighted by Crippen LogP contribution is -2.33. The topological polar surface area (TPSA) is 98.3 Å². The van der Waals surface area contributed by atoms with Crippen LogP contribution in [0.2, 0.25) is 4.34 Å². The number of carbonyl (C=O) groups is 1. The number of nitro groups is 1. The number of rotatable bonds is 5. The van der Waals surface area contributed by atoms with E-state index in [0.717, 1.165) is 9.44 Å². The standard InChI is InChI=1S/C16H13ClN4O4S/c1-19(7-11-3-5-14(17)26-11)15(22)8-20-9-18-13-4-2-10(21(24)25)6-12(13)16(20)23/h2-6,9H,7-8H2,1H3. The Balaban J connectivity index is 1.83. The van der Waals surface area contributed by atoms with Gasteiger partial charge in [-0.15, -0.1) is 11.3 Å². The van der Waals surface area contributed by atoms with Crippen LogP contribution in [0, 0.1) is 10.1 Å². The minimum atomic E-state index is -0.582. The average Bonchev–Trinajstić information content (AvgIpc) is 3.01. The van der Waals surface area contributed by atoms with Gasteiger partial charge in [-0.2, -0.15) is 0 Å². The third-order valence-corrected chi connectivity index (χ3v) is 4.99. The van der Waals surface area contributed by atoms with Crippen LogP contribution in [-0.2, 0) is 17.9 Å². The van der Waals surface area contributed by atoms with Gasteiger partial charge in [0, 0.05) is 24.1 Å². The lowest BCUT2D eigenvalue weighted by Gasteiger charge is -2.17. The molecule has 3 rings (SSSR count). The van der Waals surface area contributed by atoms with Crippen LogP contribution in [0.15, 0.2) is 41.5 Å². The van der Waals surface area contributed by atoms with Gasteiger partial charge in [-0.3, -0.25) is 24.3 Å². The fraction of sp³-hybridized carbons (Fsp3) is 0.188. The number of likely N-dealkylation sites (N-methyl/N-ethyl adjacent to an activating group) is 1. The van der Waals surface area contributed by atoms with E-state index in [0.29, 0.717) is 16.4 Å². The number of halogens is 1. The van der Waals surface area contributed by atoms with Crippen molar-refractivity contribution in [3.8, 4) is 0 Å². The van der Waals surface area contributed by atoms with Crippen molar-refractivity contribution in [2.45, 2.75) is 13.1 Å².